The molecule has 0 saturated carbocycles. The van der Waals surface area contributed by atoms with Crippen LogP contribution < -0.4 is 4.74 Å². The molecule has 1 N–H and O–H groups in total. The Hall–Kier alpha value is -2.08. The number of benzene rings is 1. The zero-order valence-electron chi connectivity index (χ0n) is 14.3. The molecule has 0 aliphatic carbocycles. The molecule has 3 rings (SSSR count). The monoisotopic (exact) mass is 334 g/mol. The summed E-state index contributed by atoms with van der Waals surface area (Å²) < 4.78 is 24.9. The Balaban J connectivity index is 1.75. The van der Waals surface area contributed by atoms with Crippen LogP contribution >= 0.6 is 0 Å². The Morgan fingerprint density at radius 1 is 1.29 bits per heavy atom. The van der Waals surface area contributed by atoms with Crippen molar-refractivity contribution in [1.29, 1.82) is 0 Å². The number of aromatic nitrogens is 1. The first-order valence-corrected chi connectivity index (χ1v) is 8.29. The Bertz CT molecular complexity index is 733. The number of hydrogen-bond donors (Lipinski definition) is 1. The number of nitrogens with one attached hydrogen (secondary N) is 1. The molecule has 0 bridgehead atoms. The van der Waals surface area contributed by atoms with Gasteiger partial charge in [-0.05, 0) is 38.8 Å². The number of nitrogens with zero attached hydrogens (tertiary/aromatic N) is 1. The van der Waals surface area contributed by atoms with E-state index in [0.717, 1.165) is 25.9 Å². The van der Waals surface area contributed by atoms with Crippen LogP contribution in [-0.2, 0) is 4.74 Å². The lowest BCUT2D eigenvalue weighted by Crippen LogP contribution is -2.41. The number of aromatic amines is 1. The average molecular weight is 334 g/mol. The summed E-state index contributed by atoms with van der Waals surface area (Å²) >= 11 is 0. The Morgan fingerprint density at radius 2 is 2.00 bits per heavy atom. The van der Waals surface area contributed by atoms with Crippen molar-refractivity contribution in [1.82, 2.24) is 9.88 Å². The molecule has 2 aromatic rings. The molecule has 5 nitrogen and oxygen atoms in total. The maximum atomic E-state index is 14.3. The number of carbonyl (C=O) groups is 1. The fourth-order valence-corrected chi connectivity index (χ4v) is 3.13. The van der Waals surface area contributed by atoms with Gasteiger partial charge in [0.2, 0.25) is 0 Å². The predicted molar refractivity (Wildman–Crippen MR) is 90.0 cm³/mol. The van der Waals surface area contributed by atoms with Crippen molar-refractivity contribution in [2.24, 2.45) is 0 Å². The Kier molecular flexibility index (Phi) is 4.76. The van der Waals surface area contributed by atoms with Gasteiger partial charge < -0.3 is 19.4 Å². The highest BCUT2D eigenvalue weighted by atomic mass is 19.1. The molecule has 130 valence electrons. The molecule has 1 fully saturated rings. The molecule has 0 unspecified atom stereocenters. The molecule has 6 heteroatoms. The average Bonchev–Trinajstić information content (AvgIpc) is 2.97. The number of carbonyl (C=O) groups excluding carboxylic acids is 1. The lowest BCUT2D eigenvalue weighted by molar-refractivity contribution is 0.0595. The lowest BCUT2D eigenvalue weighted by Gasteiger charge is -2.34. The molecular formula is C18H23FN2O3. The van der Waals surface area contributed by atoms with Crippen molar-refractivity contribution < 1.29 is 18.7 Å². The third kappa shape index (κ3) is 3.38. The molecule has 0 atom stereocenters. The molecule has 1 aliphatic heterocycles. The molecule has 2 heterocycles. The summed E-state index contributed by atoms with van der Waals surface area (Å²) in [5, 5.41) is 0.620. The third-order valence-electron chi connectivity index (χ3n) is 4.58. The van der Waals surface area contributed by atoms with E-state index in [-0.39, 0.29) is 11.9 Å². The van der Waals surface area contributed by atoms with E-state index in [1.165, 1.54) is 13.2 Å². The zero-order valence-corrected chi connectivity index (χ0v) is 14.3. The van der Waals surface area contributed by atoms with Gasteiger partial charge in [0.05, 0.1) is 7.11 Å². The van der Waals surface area contributed by atoms with Crippen LogP contribution in [0.1, 0.15) is 37.2 Å². The van der Waals surface area contributed by atoms with E-state index in [9.17, 15) is 9.18 Å². The summed E-state index contributed by atoms with van der Waals surface area (Å²) in [4.78, 5) is 16.9. The number of methoxy groups -OCH3 is 1. The molecule has 0 radical (unpaired) electrons. The number of rotatable bonds is 4. The van der Waals surface area contributed by atoms with Crippen molar-refractivity contribution in [2.45, 2.75) is 38.8 Å². The first-order valence-electron chi connectivity index (χ1n) is 8.29. The minimum atomic E-state index is -0.477. The second-order valence-corrected chi connectivity index (χ2v) is 6.49. The molecule has 1 saturated heterocycles. The maximum absolute atomic E-state index is 14.3. The number of piperidine rings is 1. The van der Waals surface area contributed by atoms with Crippen LogP contribution in [0.5, 0.6) is 5.75 Å². The maximum Gasteiger partial charge on any atom is 0.354 e. The second kappa shape index (κ2) is 6.81. The molecule has 1 aromatic carbocycles. The van der Waals surface area contributed by atoms with E-state index in [4.69, 9.17) is 4.74 Å². The van der Waals surface area contributed by atoms with Gasteiger partial charge in [-0.1, -0.05) is 0 Å². The van der Waals surface area contributed by atoms with Crippen molar-refractivity contribution in [2.75, 3.05) is 20.2 Å². The van der Waals surface area contributed by atoms with Gasteiger partial charge in [0, 0.05) is 36.1 Å². The first kappa shape index (κ1) is 16.8. The molecule has 24 heavy (non-hydrogen) atoms. The van der Waals surface area contributed by atoms with Crippen LogP contribution in [-0.4, -0.2) is 48.2 Å². The minimum Gasteiger partial charge on any atom is -0.487 e. The highest BCUT2D eigenvalue weighted by Crippen LogP contribution is 2.28. The van der Waals surface area contributed by atoms with Gasteiger partial charge in [-0.15, -0.1) is 0 Å². The normalized spacial score (nSPS) is 16.7. The van der Waals surface area contributed by atoms with E-state index in [0.29, 0.717) is 22.6 Å². The SMILES string of the molecule is COC(=O)c1cc2cc(F)c(OC3CCN(C(C)C)CC3)cc2[nH]1. The standard InChI is InChI=1S/C18H23FN2O3/c1-11(2)21-6-4-13(5-7-21)24-17-10-15-12(8-14(17)19)9-16(20-15)18(22)23-3/h8-11,13,20H,4-7H2,1-3H3. The number of fused-ring (bicyclic) bond motifs is 1. The highest BCUT2D eigenvalue weighted by molar-refractivity contribution is 5.95. The van der Waals surface area contributed by atoms with Gasteiger partial charge in [-0.3, -0.25) is 0 Å². The van der Waals surface area contributed by atoms with E-state index in [1.54, 1.807) is 12.1 Å². The van der Waals surface area contributed by atoms with Crippen LogP contribution in [0, 0.1) is 5.82 Å². The van der Waals surface area contributed by atoms with Crippen LogP contribution in [0.15, 0.2) is 18.2 Å². The third-order valence-corrected chi connectivity index (χ3v) is 4.58. The van der Waals surface area contributed by atoms with Crippen molar-refractivity contribution in [3.05, 3.63) is 29.7 Å². The molecule has 0 amide bonds. The van der Waals surface area contributed by atoms with Gasteiger partial charge in [0.15, 0.2) is 11.6 Å². The van der Waals surface area contributed by atoms with Gasteiger partial charge in [-0.2, -0.15) is 0 Å². The summed E-state index contributed by atoms with van der Waals surface area (Å²) in [6.07, 6.45) is 1.78. The van der Waals surface area contributed by atoms with Gasteiger partial charge in [0.1, 0.15) is 11.8 Å². The molecule has 1 aliphatic rings. The zero-order chi connectivity index (χ0) is 17.3. The van der Waals surface area contributed by atoms with E-state index < -0.39 is 11.8 Å². The van der Waals surface area contributed by atoms with E-state index in [2.05, 4.69) is 28.5 Å². The fraction of sp³-hybridized carbons (Fsp3) is 0.500. The largest absolute Gasteiger partial charge is 0.487 e. The summed E-state index contributed by atoms with van der Waals surface area (Å²) in [5.41, 5.74) is 0.959. The fourth-order valence-electron chi connectivity index (χ4n) is 3.13. The number of esters is 1. The van der Waals surface area contributed by atoms with Gasteiger partial charge in [-0.25, -0.2) is 9.18 Å². The number of hydrogen-bond acceptors (Lipinski definition) is 4. The summed E-state index contributed by atoms with van der Waals surface area (Å²) in [6, 6.07) is 5.10. The summed E-state index contributed by atoms with van der Waals surface area (Å²) in [5.74, 6) is -0.664. The Labute approximate surface area is 140 Å². The molecule has 0 spiro atoms. The molecular weight excluding hydrogens is 311 g/mol. The van der Waals surface area contributed by atoms with Crippen LogP contribution in [0.4, 0.5) is 4.39 Å². The van der Waals surface area contributed by atoms with Crippen LogP contribution in [0.25, 0.3) is 10.9 Å². The van der Waals surface area contributed by atoms with E-state index >= 15 is 0 Å². The predicted octanol–water partition coefficient (Wildman–Crippen LogP) is 3.35. The number of halogens is 1. The quantitative estimate of drug-likeness (QED) is 0.871. The Morgan fingerprint density at radius 3 is 2.62 bits per heavy atom. The van der Waals surface area contributed by atoms with E-state index in [1.807, 2.05) is 0 Å². The van der Waals surface area contributed by atoms with Crippen LogP contribution in [0.2, 0.25) is 0 Å². The summed E-state index contributed by atoms with van der Waals surface area (Å²) in [6.45, 7) is 6.28. The summed E-state index contributed by atoms with van der Waals surface area (Å²) in [7, 11) is 1.31. The van der Waals surface area contributed by atoms with Crippen LogP contribution in [0.3, 0.4) is 0 Å². The highest BCUT2D eigenvalue weighted by Gasteiger charge is 2.23. The molecule has 1 aromatic heterocycles. The smallest absolute Gasteiger partial charge is 0.354 e. The van der Waals surface area contributed by atoms with Crippen molar-refractivity contribution in [3.8, 4) is 5.75 Å². The number of ether oxygens (including phenoxy) is 2. The lowest BCUT2D eigenvalue weighted by atomic mass is 10.1. The first-order chi connectivity index (χ1) is 11.5. The number of likely N-dealkylation sites (tertiary alicyclic amines) is 1. The topological polar surface area (TPSA) is 54.6 Å². The minimum absolute atomic E-state index is 0.0157. The van der Waals surface area contributed by atoms with Gasteiger partial charge in [0.25, 0.3) is 0 Å². The second-order valence-electron chi connectivity index (χ2n) is 6.49. The number of H-pyrrole nitrogens is 1. The van der Waals surface area contributed by atoms with Crippen molar-refractivity contribution >= 4 is 16.9 Å². The van der Waals surface area contributed by atoms with Gasteiger partial charge >= 0.3 is 5.97 Å². The van der Waals surface area contributed by atoms with Crippen molar-refractivity contribution in [3.63, 3.8) is 0 Å².